The van der Waals surface area contributed by atoms with E-state index in [9.17, 15) is 9.18 Å². The van der Waals surface area contributed by atoms with Crippen molar-refractivity contribution in [3.05, 3.63) is 66.1 Å². The number of amides is 1. The lowest BCUT2D eigenvalue weighted by Gasteiger charge is -2.24. The topological polar surface area (TPSA) is 70.1 Å². The monoisotopic (exact) mass is 409 g/mol. The third-order valence-electron chi connectivity index (χ3n) is 4.30. The molecule has 0 fully saturated rings. The third-order valence-corrected chi connectivity index (χ3v) is 5.24. The maximum Gasteiger partial charge on any atom is 0.256 e. The van der Waals surface area contributed by atoms with Crippen LogP contribution >= 0.6 is 11.8 Å². The second kappa shape index (κ2) is 9.39. The molecule has 0 aliphatic heterocycles. The predicted octanol–water partition coefficient (Wildman–Crippen LogP) is 5.22. The molecular weight excluding hydrogens is 389 g/mol. The highest BCUT2D eigenvalue weighted by atomic mass is 32.2. The van der Waals surface area contributed by atoms with Gasteiger partial charge in [-0.3, -0.25) is 4.79 Å². The van der Waals surface area contributed by atoms with Gasteiger partial charge in [0.05, 0.1) is 23.9 Å². The largest absolute Gasteiger partial charge is 0.431 e. The van der Waals surface area contributed by atoms with E-state index in [1.165, 1.54) is 23.9 Å². The molecule has 29 heavy (non-hydrogen) atoms. The Bertz CT molecular complexity index is 1010. The summed E-state index contributed by atoms with van der Waals surface area (Å²) in [4.78, 5) is 18.9. The van der Waals surface area contributed by atoms with Crippen LogP contribution in [0.1, 0.15) is 18.9 Å². The molecule has 5 nitrogen and oxygen atoms in total. The minimum Gasteiger partial charge on any atom is -0.431 e. The number of nitriles is 1. The molecule has 1 aromatic heterocycles. The fraction of sp³-hybridized carbons (Fsp3) is 0.227. The van der Waals surface area contributed by atoms with Gasteiger partial charge in [0.25, 0.3) is 5.22 Å². The SMILES string of the molecule is Cc1ccc(N(CCC#N)C(=O)C(C)Sc2ncc(-c3ccc(F)cc3)o2)cc1. The van der Waals surface area contributed by atoms with Crippen molar-refractivity contribution in [1.82, 2.24) is 4.98 Å². The first-order chi connectivity index (χ1) is 14.0. The Kier molecular flexibility index (Phi) is 6.68. The standard InChI is InChI=1S/C22H20FN3O2S/c1-15-4-10-19(11-5-15)26(13-3-12-24)21(27)16(2)29-22-25-14-20(28-22)17-6-8-18(23)9-7-17/h4-11,14,16H,3,13H2,1-2H3. The maximum absolute atomic E-state index is 13.1. The Morgan fingerprint density at radius 2 is 1.93 bits per heavy atom. The van der Waals surface area contributed by atoms with Gasteiger partial charge < -0.3 is 9.32 Å². The lowest BCUT2D eigenvalue weighted by Crippen LogP contribution is -2.37. The number of hydrogen-bond acceptors (Lipinski definition) is 5. The number of rotatable bonds is 7. The van der Waals surface area contributed by atoms with Crippen LogP contribution in [0.2, 0.25) is 0 Å². The first-order valence-corrected chi connectivity index (χ1v) is 9.99. The molecule has 0 saturated heterocycles. The van der Waals surface area contributed by atoms with Gasteiger partial charge >= 0.3 is 0 Å². The number of carbonyl (C=O) groups is 1. The maximum atomic E-state index is 13.1. The van der Waals surface area contributed by atoms with Gasteiger partial charge in [-0.15, -0.1) is 0 Å². The number of anilines is 1. The van der Waals surface area contributed by atoms with Crippen molar-refractivity contribution in [3.8, 4) is 17.4 Å². The molecule has 0 aliphatic carbocycles. The molecule has 1 heterocycles. The van der Waals surface area contributed by atoms with Gasteiger partial charge in [0, 0.05) is 17.8 Å². The van der Waals surface area contributed by atoms with Crippen molar-refractivity contribution in [2.24, 2.45) is 0 Å². The van der Waals surface area contributed by atoms with Crippen molar-refractivity contribution in [2.45, 2.75) is 30.7 Å². The average molecular weight is 409 g/mol. The summed E-state index contributed by atoms with van der Waals surface area (Å²) in [6.07, 6.45) is 1.80. The number of nitrogens with zero attached hydrogens (tertiary/aromatic N) is 3. The summed E-state index contributed by atoms with van der Waals surface area (Å²) in [5.41, 5.74) is 2.56. The van der Waals surface area contributed by atoms with Gasteiger partial charge in [0.2, 0.25) is 5.91 Å². The van der Waals surface area contributed by atoms with Crippen LogP contribution in [0.25, 0.3) is 11.3 Å². The molecule has 7 heteroatoms. The molecule has 0 N–H and O–H groups in total. The number of aryl methyl sites for hydroxylation is 1. The highest BCUT2D eigenvalue weighted by Crippen LogP contribution is 2.30. The summed E-state index contributed by atoms with van der Waals surface area (Å²) in [7, 11) is 0. The number of halogens is 1. The number of oxazole rings is 1. The molecular formula is C22H20FN3O2S. The number of benzene rings is 2. The quantitative estimate of drug-likeness (QED) is 0.501. The van der Waals surface area contributed by atoms with Gasteiger partial charge in [-0.1, -0.05) is 29.5 Å². The van der Waals surface area contributed by atoms with E-state index < -0.39 is 5.25 Å². The van der Waals surface area contributed by atoms with Crippen LogP contribution in [0.3, 0.4) is 0 Å². The van der Waals surface area contributed by atoms with Gasteiger partial charge in [-0.2, -0.15) is 5.26 Å². The molecule has 0 aliphatic rings. The van der Waals surface area contributed by atoms with Crippen molar-refractivity contribution in [1.29, 1.82) is 5.26 Å². The molecule has 1 unspecified atom stereocenters. The molecule has 0 bridgehead atoms. The zero-order chi connectivity index (χ0) is 20.8. The molecule has 2 aromatic carbocycles. The molecule has 0 saturated carbocycles. The lowest BCUT2D eigenvalue weighted by atomic mass is 10.2. The Balaban J connectivity index is 1.73. The van der Waals surface area contributed by atoms with Crippen LogP contribution in [0.4, 0.5) is 10.1 Å². The van der Waals surface area contributed by atoms with E-state index in [0.29, 0.717) is 23.1 Å². The third kappa shape index (κ3) is 5.24. The van der Waals surface area contributed by atoms with E-state index in [2.05, 4.69) is 11.1 Å². The summed E-state index contributed by atoms with van der Waals surface area (Å²) in [6, 6.07) is 15.6. The molecule has 3 aromatic rings. The van der Waals surface area contributed by atoms with E-state index in [4.69, 9.17) is 9.68 Å². The Morgan fingerprint density at radius 1 is 1.24 bits per heavy atom. The fourth-order valence-corrected chi connectivity index (χ4v) is 3.52. The van der Waals surface area contributed by atoms with Crippen LogP contribution in [0.5, 0.6) is 0 Å². The highest BCUT2D eigenvalue weighted by molar-refractivity contribution is 8.00. The molecule has 148 valence electrons. The van der Waals surface area contributed by atoms with Crippen molar-refractivity contribution >= 4 is 23.4 Å². The molecule has 1 amide bonds. The van der Waals surface area contributed by atoms with Crippen LogP contribution in [-0.4, -0.2) is 22.7 Å². The second-order valence-electron chi connectivity index (χ2n) is 6.49. The zero-order valence-corrected chi connectivity index (χ0v) is 16.9. The van der Waals surface area contributed by atoms with Crippen molar-refractivity contribution in [3.63, 3.8) is 0 Å². The van der Waals surface area contributed by atoms with Crippen molar-refractivity contribution < 1.29 is 13.6 Å². The van der Waals surface area contributed by atoms with Crippen LogP contribution < -0.4 is 4.90 Å². The summed E-state index contributed by atoms with van der Waals surface area (Å²) in [5.74, 6) is 0.0540. The number of hydrogen-bond donors (Lipinski definition) is 0. The summed E-state index contributed by atoms with van der Waals surface area (Å²) in [5, 5.41) is 8.84. The van der Waals surface area contributed by atoms with Crippen LogP contribution in [0.15, 0.2) is 64.4 Å². The summed E-state index contributed by atoms with van der Waals surface area (Å²) < 4.78 is 18.8. The van der Waals surface area contributed by atoms with E-state index in [1.807, 2.05) is 31.2 Å². The molecule has 3 rings (SSSR count). The number of aromatic nitrogens is 1. The van der Waals surface area contributed by atoms with E-state index >= 15 is 0 Å². The van der Waals surface area contributed by atoms with Gasteiger partial charge in [-0.25, -0.2) is 9.37 Å². The fourth-order valence-electron chi connectivity index (χ4n) is 2.73. The highest BCUT2D eigenvalue weighted by Gasteiger charge is 2.24. The van der Waals surface area contributed by atoms with E-state index in [0.717, 1.165) is 11.3 Å². The normalized spacial score (nSPS) is 11.7. The average Bonchev–Trinajstić information content (AvgIpc) is 3.18. The van der Waals surface area contributed by atoms with Crippen LogP contribution in [-0.2, 0) is 4.79 Å². The minimum absolute atomic E-state index is 0.129. The first kappa shape index (κ1) is 20.6. The van der Waals surface area contributed by atoms with Gasteiger partial charge in [-0.05, 0) is 50.2 Å². The van der Waals surface area contributed by atoms with E-state index in [1.54, 1.807) is 30.2 Å². The number of carbonyl (C=O) groups excluding carboxylic acids is 1. The van der Waals surface area contributed by atoms with Crippen LogP contribution in [0, 0.1) is 24.1 Å². The molecule has 1 atom stereocenters. The minimum atomic E-state index is -0.463. The lowest BCUT2D eigenvalue weighted by molar-refractivity contribution is -0.117. The first-order valence-electron chi connectivity index (χ1n) is 9.11. The number of thioether (sulfide) groups is 1. The molecule has 0 spiro atoms. The zero-order valence-electron chi connectivity index (χ0n) is 16.1. The van der Waals surface area contributed by atoms with Crippen molar-refractivity contribution in [2.75, 3.05) is 11.4 Å². The Morgan fingerprint density at radius 3 is 2.59 bits per heavy atom. The van der Waals surface area contributed by atoms with Gasteiger partial charge in [0.1, 0.15) is 5.82 Å². The Labute approximate surface area is 173 Å². The second-order valence-corrected chi connectivity index (χ2v) is 7.78. The Hall–Kier alpha value is -3.11. The van der Waals surface area contributed by atoms with E-state index in [-0.39, 0.29) is 18.1 Å². The summed E-state index contributed by atoms with van der Waals surface area (Å²) in [6.45, 7) is 4.07. The summed E-state index contributed by atoms with van der Waals surface area (Å²) >= 11 is 1.20. The van der Waals surface area contributed by atoms with Gasteiger partial charge in [0.15, 0.2) is 5.76 Å². The smallest absolute Gasteiger partial charge is 0.256 e. The predicted molar refractivity (Wildman–Crippen MR) is 111 cm³/mol. The molecule has 0 radical (unpaired) electrons.